The van der Waals surface area contributed by atoms with Crippen LogP contribution in [0.25, 0.3) is 5.76 Å². The lowest BCUT2D eigenvalue weighted by atomic mass is 9.95. The Balaban J connectivity index is 1.50. The second kappa shape index (κ2) is 10.3. The second-order valence-electron chi connectivity index (χ2n) is 8.49. The molecule has 0 radical (unpaired) electrons. The van der Waals surface area contributed by atoms with Crippen molar-refractivity contribution in [1.82, 2.24) is 9.88 Å². The molecule has 1 aliphatic heterocycles. The Hall–Kier alpha value is -4.71. The van der Waals surface area contributed by atoms with Gasteiger partial charge in [0, 0.05) is 24.5 Å². The van der Waals surface area contributed by atoms with Crippen molar-refractivity contribution in [3.63, 3.8) is 0 Å². The first-order valence-corrected chi connectivity index (χ1v) is 11.6. The number of benzene rings is 3. The van der Waals surface area contributed by atoms with E-state index in [2.05, 4.69) is 4.98 Å². The quantitative estimate of drug-likeness (QED) is 0.223. The third-order valence-corrected chi connectivity index (χ3v) is 6.13. The van der Waals surface area contributed by atoms with Crippen LogP contribution in [-0.4, -0.2) is 26.7 Å². The standard InChI is InChI=1S/C30H24N2O4/c33-28(24-15-17-31-18-16-24)26-27(32(30(35)29(26)34)19-21-7-3-1-4-8-21)23-11-13-25(14-12-23)36-20-22-9-5-2-6-10-22/h1-18,27,33H,19-20H2/b28-26+. The van der Waals surface area contributed by atoms with Crippen molar-refractivity contribution in [3.8, 4) is 5.75 Å². The molecule has 1 unspecified atom stereocenters. The lowest BCUT2D eigenvalue weighted by Crippen LogP contribution is -2.29. The number of hydrogen-bond acceptors (Lipinski definition) is 5. The van der Waals surface area contributed by atoms with Gasteiger partial charge in [-0.2, -0.15) is 0 Å². The number of amides is 1. The van der Waals surface area contributed by atoms with Crippen molar-refractivity contribution in [2.24, 2.45) is 0 Å². The minimum atomic E-state index is -0.749. The summed E-state index contributed by atoms with van der Waals surface area (Å²) in [5, 5.41) is 11.1. The van der Waals surface area contributed by atoms with Crippen LogP contribution in [0.5, 0.6) is 5.75 Å². The van der Waals surface area contributed by atoms with Crippen LogP contribution in [0.4, 0.5) is 0 Å². The minimum Gasteiger partial charge on any atom is -0.507 e. The van der Waals surface area contributed by atoms with Crippen molar-refractivity contribution in [1.29, 1.82) is 0 Å². The van der Waals surface area contributed by atoms with Gasteiger partial charge in [-0.15, -0.1) is 0 Å². The Morgan fingerprint density at radius 2 is 1.42 bits per heavy atom. The van der Waals surface area contributed by atoms with Crippen LogP contribution < -0.4 is 4.74 Å². The molecule has 0 saturated carbocycles. The fourth-order valence-electron chi connectivity index (χ4n) is 4.32. The summed E-state index contributed by atoms with van der Waals surface area (Å²) in [7, 11) is 0. The first-order chi connectivity index (χ1) is 17.6. The molecule has 0 bridgehead atoms. The predicted molar refractivity (Wildman–Crippen MR) is 136 cm³/mol. The number of hydrogen-bond donors (Lipinski definition) is 1. The number of carbonyl (C=O) groups is 2. The highest BCUT2D eigenvalue weighted by Crippen LogP contribution is 2.40. The zero-order valence-corrected chi connectivity index (χ0v) is 19.5. The average molecular weight is 477 g/mol. The highest BCUT2D eigenvalue weighted by Gasteiger charge is 2.46. The first-order valence-electron chi connectivity index (χ1n) is 11.6. The molecule has 1 atom stereocenters. The lowest BCUT2D eigenvalue weighted by Gasteiger charge is -2.25. The van der Waals surface area contributed by atoms with E-state index in [1.165, 1.54) is 17.3 Å². The van der Waals surface area contributed by atoms with Crippen LogP contribution in [0.1, 0.15) is 28.3 Å². The summed E-state index contributed by atoms with van der Waals surface area (Å²) in [6.07, 6.45) is 3.06. The molecule has 1 aliphatic rings. The molecule has 6 nitrogen and oxygen atoms in total. The summed E-state index contributed by atoms with van der Waals surface area (Å²) in [4.78, 5) is 31.8. The third-order valence-electron chi connectivity index (χ3n) is 6.13. The molecule has 36 heavy (non-hydrogen) atoms. The maximum absolute atomic E-state index is 13.2. The van der Waals surface area contributed by atoms with Gasteiger partial charge in [-0.05, 0) is 41.0 Å². The monoisotopic (exact) mass is 476 g/mol. The van der Waals surface area contributed by atoms with Crippen LogP contribution in [0.15, 0.2) is 115 Å². The van der Waals surface area contributed by atoms with Crippen LogP contribution in [0.2, 0.25) is 0 Å². The van der Waals surface area contributed by atoms with E-state index in [0.29, 0.717) is 23.5 Å². The summed E-state index contributed by atoms with van der Waals surface area (Å²) in [5.41, 5.74) is 3.12. The molecule has 1 saturated heterocycles. The van der Waals surface area contributed by atoms with Gasteiger partial charge < -0.3 is 14.7 Å². The van der Waals surface area contributed by atoms with Crippen LogP contribution >= 0.6 is 0 Å². The van der Waals surface area contributed by atoms with Crippen molar-refractivity contribution >= 4 is 17.4 Å². The predicted octanol–water partition coefficient (Wildman–Crippen LogP) is 5.28. The van der Waals surface area contributed by atoms with Gasteiger partial charge in [0.15, 0.2) is 0 Å². The van der Waals surface area contributed by atoms with Gasteiger partial charge in [-0.25, -0.2) is 0 Å². The second-order valence-corrected chi connectivity index (χ2v) is 8.49. The van der Waals surface area contributed by atoms with E-state index in [1.54, 1.807) is 12.1 Å². The summed E-state index contributed by atoms with van der Waals surface area (Å²) < 4.78 is 5.90. The van der Waals surface area contributed by atoms with Gasteiger partial charge >= 0.3 is 0 Å². The van der Waals surface area contributed by atoms with Gasteiger partial charge in [-0.1, -0.05) is 72.8 Å². The van der Waals surface area contributed by atoms with Crippen LogP contribution in [0, 0.1) is 0 Å². The fourth-order valence-corrected chi connectivity index (χ4v) is 4.32. The van der Waals surface area contributed by atoms with E-state index in [9.17, 15) is 14.7 Å². The number of Topliss-reactive ketones (excluding diaryl/α,β-unsaturated/α-hetero) is 1. The van der Waals surface area contributed by atoms with Gasteiger partial charge in [0.25, 0.3) is 11.7 Å². The van der Waals surface area contributed by atoms with E-state index in [1.807, 2.05) is 84.9 Å². The van der Waals surface area contributed by atoms with E-state index < -0.39 is 17.7 Å². The normalized spacial score (nSPS) is 16.8. The van der Waals surface area contributed by atoms with Gasteiger partial charge in [-0.3, -0.25) is 14.6 Å². The number of pyridine rings is 1. The SMILES string of the molecule is O=C1C(=O)N(Cc2ccccc2)C(c2ccc(OCc3ccccc3)cc2)/C1=C(\O)c1ccncc1. The Morgan fingerprint density at radius 3 is 2.06 bits per heavy atom. The number of carbonyl (C=O) groups excluding carboxylic acids is 2. The largest absolute Gasteiger partial charge is 0.507 e. The van der Waals surface area contributed by atoms with Crippen molar-refractivity contribution in [2.75, 3.05) is 0 Å². The molecule has 1 N–H and O–H groups in total. The molecule has 0 aliphatic carbocycles. The Labute approximate surface area is 209 Å². The minimum absolute atomic E-state index is 0.0556. The van der Waals surface area contributed by atoms with Crippen LogP contribution in [-0.2, 0) is 22.7 Å². The molecular formula is C30H24N2O4. The molecule has 5 rings (SSSR count). The number of aliphatic hydroxyl groups is 1. The highest BCUT2D eigenvalue weighted by molar-refractivity contribution is 6.46. The molecule has 1 aromatic heterocycles. The molecule has 1 fully saturated rings. The number of aliphatic hydroxyl groups excluding tert-OH is 1. The summed E-state index contributed by atoms with van der Waals surface area (Å²) in [5.74, 6) is -0.920. The van der Waals surface area contributed by atoms with E-state index in [0.717, 1.165) is 11.1 Å². The molecule has 0 spiro atoms. The van der Waals surface area contributed by atoms with Gasteiger partial charge in [0.05, 0.1) is 11.6 Å². The maximum atomic E-state index is 13.2. The zero-order chi connectivity index (χ0) is 24.9. The van der Waals surface area contributed by atoms with E-state index in [4.69, 9.17) is 4.74 Å². The lowest BCUT2D eigenvalue weighted by molar-refractivity contribution is -0.140. The molecule has 6 heteroatoms. The van der Waals surface area contributed by atoms with Crippen molar-refractivity contribution in [2.45, 2.75) is 19.2 Å². The Kier molecular flexibility index (Phi) is 6.58. The fraction of sp³-hybridized carbons (Fsp3) is 0.100. The highest BCUT2D eigenvalue weighted by atomic mass is 16.5. The molecule has 4 aromatic rings. The number of nitrogens with zero attached hydrogens (tertiary/aromatic N) is 2. The molecular weight excluding hydrogens is 452 g/mol. The van der Waals surface area contributed by atoms with Crippen LogP contribution in [0.3, 0.4) is 0 Å². The molecule has 1 amide bonds. The molecule has 2 heterocycles. The van der Waals surface area contributed by atoms with Gasteiger partial charge in [0.1, 0.15) is 18.1 Å². The molecule has 178 valence electrons. The number of aromatic nitrogens is 1. The Bertz CT molecular complexity index is 1390. The summed E-state index contributed by atoms with van der Waals surface area (Å²) >= 11 is 0. The summed E-state index contributed by atoms with van der Waals surface area (Å²) in [6, 6.07) is 29.1. The summed E-state index contributed by atoms with van der Waals surface area (Å²) in [6.45, 7) is 0.657. The number of ketones is 1. The Morgan fingerprint density at radius 1 is 0.806 bits per heavy atom. The number of ether oxygens (including phenoxy) is 1. The number of rotatable bonds is 7. The van der Waals surface area contributed by atoms with Crippen molar-refractivity contribution in [3.05, 3.63) is 137 Å². The van der Waals surface area contributed by atoms with Gasteiger partial charge in [0.2, 0.25) is 0 Å². The third kappa shape index (κ3) is 4.74. The molecule has 3 aromatic carbocycles. The first kappa shape index (κ1) is 23.1. The number of likely N-dealkylation sites (tertiary alicyclic amines) is 1. The van der Waals surface area contributed by atoms with Crippen molar-refractivity contribution < 1.29 is 19.4 Å². The maximum Gasteiger partial charge on any atom is 0.295 e. The van der Waals surface area contributed by atoms with E-state index >= 15 is 0 Å². The smallest absolute Gasteiger partial charge is 0.295 e. The van der Waals surface area contributed by atoms with E-state index in [-0.39, 0.29) is 17.9 Å². The zero-order valence-electron chi connectivity index (χ0n) is 19.5. The topological polar surface area (TPSA) is 79.7 Å². The average Bonchev–Trinajstić information content (AvgIpc) is 3.18.